The zero-order chi connectivity index (χ0) is 14.2. The fourth-order valence-corrected chi connectivity index (χ4v) is 3.05. The van der Waals surface area contributed by atoms with Gasteiger partial charge in [0.25, 0.3) is 0 Å². The van der Waals surface area contributed by atoms with E-state index in [0.717, 1.165) is 30.3 Å². The SMILES string of the molecule is O=C(O)c1ccc(OCCCSCC2CCCO2)cc1. The Labute approximate surface area is 123 Å². The maximum Gasteiger partial charge on any atom is 0.335 e. The van der Waals surface area contributed by atoms with E-state index in [-0.39, 0.29) is 5.56 Å². The Kier molecular flexibility index (Phi) is 6.21. The predicted molar refractivity (Wildman–Crippen MR) is 79.8 cm³/mol. The van der Waals surface area contributed by atoms with Gasteiger partial charge in [-0.25, -0.2) is 4.79 Å². The molecule has 1 saturated heterocycles. The number of hydrogen-bond donors (Lipinski definition) is 1. The second-order valence-corrected chi connectivity index (χ2v) is 5.89. The van der Waals surface area contributed by atoms with E-state index >= 15 is 0 Å². The van der Waals surface area contributed by atoms with Crippen LogP contribution < -0.4 is 4.74 Å². The first kappa shape index (κ1) is 15.2. The van der Waals surface area contributed by atoms with Gasteiger partial charge in [-0.2, -0.15) is 11.8 Å². The Hall–Kier alpha value is -1.20. The van der Waals surface area contributed by atoms with E-state index in [2.05, 4.69) is 0 Å². The Balaban J connectivity index is 1.55. The molecule has 1 aromatic carbocycles. The van der Waals surface area contributed by atoms with E-state index in [1.165, 1.54) is 12.8 Å². The van der Waals surface area contributed by atoms with Crippen LogP contribution >= 0.6 is 11.8 Å². The number of carboxylic acid groups (broad SMARTS) is 1. The molecule has 1 N–H and O–H groups in total. The molecule has 110 valence electrons. The highest BCUT2D eigenvalue weighted by Gasteiger charge is 2.14. The number of ether oxygens (including phenoxy) is 2. The van der Waals surface area contributed by atoms with Crippen LogP contribution in [0.1, 0.15) is 29.6 Å². The van der Waals surface area contributed by atoms with E-state index < -0.39 is 5.97 Å². The molecular weight excluding hydrogens is 276 g/mol. The predicted octanol–water partition coefficient (Wildman–Crippen LogP) is 3.07. The van der Waals surface area contributed by atoms with E-state index in [0.29, 0.717) is 12.7 Å². The number of thioether (sulfide) groups is 1. The molecule has 1 aromatic rings. The van der Waals surface area contributed by atoms with Crippen LogP contribution in [0.25, 0.3) is 0 Å². The maximum absolute atomic E-state index is 10.7. The van der Waals surface area contributed by atoms with Crippen molar-refractivity contribution >= 4 is 17.7 Å². The topological polar surface area (TPSA) is 55.8 Å². The molecule has 0 aliphatic carbocycles. The normalized spacial score (nSPS) is 18.1. The smallest absolute Gasteiger partial charge is 0.335 e. The van der Waals surface area contributed by atoms with Crippen LogP contribution in [0, 0.1) is 0 Å². The molecule has 0 bridgehead atoms. The standard InChI is InChI=1S/C15H20O4S/c16-15(17)12-4-6-13(7-5-12)18-9-2-10-20-11-14-3-1-8-19-14/h4-7,14H,1-3,8-11H2,(H,16,17). The van der Waals surface area contributed by atoms with Gasteiger partial charge in [0.1, 0.15) is 5.75 Å². The van der Waals surface area contributed by atoms with Gasteiger partial charge in [0.2, 0.25) is 0 Å². The highest BCUT2D eigenvalue weighted by Crippen LogP contribution is 2.18. The third-order valence-corrected chi connectivity index (χ3v) is 4.32. The summed E-state index contributed by atoms with van der Waals surface area (Å²) in [6.07, 6.45) is 3.82. The van der Waals surface area contributed by atoms with Crippen molar-refractivity contribution in [3.05, 3.63) is 29.8 Å². The molecule has 0 amide bonds. The van der Waals surface area contributed by atoms with E-state index in [4.69, 9.17) is 14.6 Å². The second kappa shape index (κ2) is 8.17. The van der Waals surface area contributed by atoms with Crippen molar-refractivity contribution < 1.29 is 19.4 Å². The average Bonchev–Trinajstić information content (AvgIpc) is 2.96. The first-order chi connectivity index (χ1) is 9.75. The minimum atomic E-state index is -0.915. The lowest BCUT2D eigenvalue weighted by molar-refractivity contribution is 0.0697. The third-order valence-electron chi connectivity index (χ3n) is 3.13. The van der Waals surface area contributed by atoms with Gasteiger partial charge in [-0.05, 0) is 49.3 Å². The van der Waals surface area contributed by atoms with Gasteiger partial charge in [0.05, 0.1) is 18.3 Å². The second-order valence-electron chi connectivity index (χ2n) is 4.74. The van der Waals surface area contributed by atoms with Gasteiger partial charge in [-0.15, -0.1) is 0 Å². The number of aromatic carboxylic acids is 1. The molecule has 4 nitrogen and oxygen atoms in total. The highest BCUT2D eigenvalue weighted by molar-refractivity contribution is 7.99. The number of benzene rings is 1. The van der Waals surface area contributed by atoms with Gasteiger partial charge in [0, 0.05) is 12.4 Å². The molecule has 0 aromatic heterocycles. The van der Waals surface area contributed by atoms with Crippen LogP contribution in [0.15, 0.2) is 24.3 Å². The van der Waals surface area contributed by atoms with Crippen LogP contribution in [0.4, 0.5) is 0 Å². The first-order valence-electron chi connectivity index (χ1n) is 6.91. The Morgan fingerprint density at radius 3 is 2.85 bits per heavy atom. The monoisotopic (exact) mass is 296 g/mol. The number of hydrogen-bond acceptors (Lipinski definition) is 4. The molecule has 1 aliphatic heterocycles. The molecule has 0 radical (unpaired) electrons. The highest BCUT2D eigenvalue weighted by atomic mass is 32.2. The van der Waals surface area contributed by atoms with Crippen LogP contribution in [-0.4, -0.2) is 41.9 Å². The van der Waals surface area contributed by atoms with Crippen LogP contribution in [-0.2, 0) is 4.74 Å². The molecule has 1 unspecified atom stereocenters. The van der Waals surface area contributed by atoms with Gasteiger partial charge in [-0.3, -0.25) is 0 Å². The van der Waals surface area contributed by atoms with Gasteiger partial charge < -0.3 is 14.6 Å². The maximum atomic E-state index is 10.7. The summed E-state index contributed by atoms with van der Waals surface area (Å²) in [5.41, 5.74) is 0.282. The van der Waals surface area contributed by atoms with Crippen molar-refractivity contribution in [3.63, 3.8) is 0 Å². The molecular formula is C15H20O4S. The van der Waals surface area contributed by atoms with E-state index in [9.17, 15) is 4.79 Å². The number of carboxylic acids is 1. The lowest BCUT2D eigenvalue weighted by Crippen LogP contribution is -2.09. The van der Waals surface area contributed by atoms with Crippen molar-refractivity contribution in [2.75, 3.05) is 24.7 Å². The van der Waals surface area contributed by atoms with Crippen molar-refractivity contribution in [1.82, 2.24) is 0 Å². The fourth-order valence-electron chi connectivity index (χ4n) is 2.04. The third kappa shape index (κ3) is 5.06. The van der Waals surface area contributed by atoms with Gasteiger partial charge >= 0.3 is 5.97 Å². The van der Waals surface area contributed by atoms with E-state index in [1.807, 2.05) is 11.8 Å². The largest absolute Gasteiger partial charge is 0.494 e. The molecule has 1 aliphatic rings. The molecule has 1 fully saturated rings. The molecule has 0 saturated carbocycles. The van der Waals surface area contributed by atoms with Crippen molar-refractivity contribution in [2.24, 2.45) is 0 Å². The Morgan fingerprint density at radius 2 is 2.20 bits per heavy atom. The molecule has 1 heterocycles. The van der Waals surface area contributed by atoms with Crippen molar-refractivity contribution in [1.29, 1.82) is 0 Å². The lowest BCUT2D eigenvalue weighted by atomic mass is 10.2. The quantitative estimate of drug-likeness (QED) is 0.747. The number of carbonyl (C=O) groups is 1. The summed E-state index contributed by atoms with van der Waals surface area (Å²) in [4.78, 5) is 10.7. The van der Waals surface area contributed by atoms with Gasteiger partial charge in [0.15, 0.2) is 0 Å². The van der Waals surface area contributed by atoms with Crippen molar-refractivity contribution in [3.8, 4) is 5.75 Å². The molecule has 2 rings (SSSR count). The van der Waals surface area contributed by atoms with Crippen LogP contribution in [0.3, 0.4) is 0 Å². The summed E-state index contributed by atoms with van der Waals surface area (Å²) in [5.74, 6) is 1.95. The van der Waals surface area contributed by atoms with E-state index in [1.54, 1.807) is 24.3 Å². The lowest BCUT2D eigenvalue weighted by Gasteiger charge is -2.09. The number of rotatable bonds is 8. The molecule has 5 heteroatoms. The average molecular weight is 296 g/mol. The fraction of sp³-hybridized carbons (Fsp3) is 0.533. The minimum Gasteiger partial charge on any atom is -0.494 e. The molecule has 0 spiro atoms. The van der Waals surface area contributed by atoms with Crippen LogP contribution in [0.2, 0.25) is 0 Å². The Morgan fingerprint density at radius 1 is 1.40 bits per heavy atom. The summed E-state index contributed by atoms with van der Waals surface area (Å²) >= 11 is 1.91. The minimum absolute atomic E-state index is 0.282. The summed E-state index contributed by atoms with van der Waals surface area (Å²) in [6.45, 7) is 1.58. The van der Waals surface area contributed by atoms with Crippen molar-refractivity contribution in [2.45, 2.75) is 25.4 Å². The summed E-state index contributed by atoms with van der Waals surface area (Å²) < 4.78 is 11.1. The Bertz CT molecular complexity index is 412. The summed E-state index contributed by atoms with van der Waals surface area (Å²) in [5, 5.41) is 8.78. The van der Waals surface area contributed by atoms with Crippen LogP contribution in [0.5, 0.6) is 5.75 Å². The summed E-state index contributed by atoms with van der Waals surface area (Å²) in [7, 11) is 0. The summed E-state index contributed by atoms with van der Waals surface area (Å²) in [6, 6.07) is 6.51. The zero-order valence-electron chi connectivity index (χ0n) is 11.4. The van der Waals surface area contributed by atoms with Gasteiger partial charge in [-0.1, -0.05) is 0 Å². The molecule has 20 heavy (non-hydrogen) atoms. The zero-order valence-corrected chi connectivity index (χ0v) is 12.2. The molecule has 1 atom stereocenters. The first-order valence-corrected chi connectivity index (χ1v) is 8.06.